The molecule has 0 aromatic carbocycles. The van der Waals surface area contributed by atoms with Crippen LogP contribution in [0.5, 0.6) is 0 Å². The summed E-state index contributed by atoms with van der Waals surface area (Å²) < 4.78 is 0.789. The number of anilines is 1. The molecule has 0 bridgehead atoms. The average molecular weight is 298 g/mol. The predicted molar refractivity (Wildman–Crippen MR) is 71.0 cm³/mol. The quantitative estimate of drug-likeness (QED) is 0.743. The number of pyridine rings is 1. The van der Waals surface area contributed by atoms with E-state index < -0.39 is 5.54 Å². The van der Waals surface area contributed by atoms with Gasteiger partial charge in [0.05, 0.1) is 0 Å². The molecule has 5 heteroatoms. The van der Waals surface area contributed by atoms with E-state index in [1.807, 2.05) is 39.1 Å². The first kappa shape index (κ1) is 12.4. The summed E-state index contributed by atoms with van der Waals surface area (Å²) in [5.41, 5.74) is -0.541. The second-order valence-corrected chi connectivity index (χ2v) is 5.57. The molecule has 4 nitrogen and oxygen atoms in total. The third kappa shape index (κ3) is 2.16. The normalized spacial score (nSPS) is 19.6. The monoisotopic (exact) mass is 297 g/mol. The van der Waals surface area contributed by atoms with Gasteiger partial charge in [-0.15, -0.1) is 0 Å². The van der Waals surface area contributed by atoms with Crippen molar-refractivity contribution in [1.29, 1.82) is 0 Å². The predicted octanol–water partition coefficient (Wildman–Crippen LogP) is 1.90. The van der Waals surface area contributed by atoms with Crippen LogP contribution in [0.1, 0.15) is 13.8 Å². The van der Waals surface area contributed by atoms with E-state index in [1.54, 1.807) is 4.90 Å². The Bertz CT molecular complexity index is 447. The van der Waals surface area contributed by atoms with E-state index in [0.29, 0.717) is 0 Å². The van der Waals surface area contributed by atoms with Gasteiger partial charge in [-0.2, -0.15) is 0 Å². The van der Waals surface area contributed by atoms with Gasteiger partial charge in [-0.3, -0.25) is 4.79 Å². The summed E-state index contributed by atoms with van der Waals surface area (Å²) in [7, 11) is 1.84. The lowest BCUT2D eigenvalue weighted by Crippen LogP contribution is -2.62. The lowest BCUT2D eigenvalue weighted by Gasteiger charge is -2.45. The first-order chi connectivity index (χ1) is 7.93. The number of carbonyl (C=O) groups is 1. The molecule has 0 N–H and O–H groups in total. The largest absolute Gasteiger partial charge is 0.342 e. The highest BCUT2D eigenvalue weighted by Gasteiger charge is 2.41. The number of aromatic nitrogens is 1. The van der Waals surface area contributed by atoms with Crippen LogP contribution in [-0.2, 0) is 4.79 Å². The number of carbonyl (C=O) groups excluding carboxylic acids is 1. The maximum atomic E-state index is 12.2. The Labute approximate surface area is 110 Å². The highest BCUT2D eigenvalue weighted by atomic mass is 79.9. The van der Waals surface area contributed by atoms with Crippen LogP contribution in [0.3, 0.4) is 0 Å². The van der Waals surface area contributed by atoms with E-state index in [2.05, 4.69) is 25.8 Å². The molecule has 0 saturated carbocycles. The van der Waals surface area contributed by atoms with Crippen molar-refractivity contribution >= 4 is 27.7 Å². The Kier molecular flexibility index (Phi) is 3.12. The molecule has 1 amide bonds. The van der Waals surface area contributed by atoms with Gasteiger partial charge in [0.25, 0.3) is 0 Å². The second-order valence-electron chi connectivity index (χ2n) is 4.76. The maximum Gasteiger partial charge on any atom is 0.247 e. The minimum absolute atomic E-state index is 0.130. The van der Waals surface area contributed by atoms with Crippen LogP contribution in [-0.4, -0.2) is 41.5 Å². The van der Waals surface area contributed by atoms with Crippen molar-refractivity contribution in [2.24, 2.45) is 0 Å². The molecule has 1 fully saturated rings. The number of halogens is 1. The molecule has 0 aliphatic carbocycles. The van der Waals surface area contributed by atoms with Crippen LogP contribution in [0, 0.1) is 0 Å². The maximum absolute atomic E-state index is 12.2. The zero-order chi connectivity index (χ0) is 12.6. The fourth-order valence-electron chi connectivity index (χ4n) is 2.16. The van der Waals surface area contributed by atoms with E-state index in [9.17, 15) is 4.79 Å². The van der Waals surface area contributed by atoms with Crippen LogP contribution < -0.4 is 4.90 Å². The molecule has 0 unspecified atom stereocenters. The van der Waals surface area contributed by atoms with Crippen molar-refractivity contribution in [3.05, 3.63) is 22.8 Å². The second kappa shape index (κ2) is 4.29. The third-order valence-electron chi connectivity index (χ3n) is 3.18. The van der Waals surface area contributed by atoms with Gasteiger partial charge < -0.3 is 9.80 Å². The molecule has 0 atom stereocenters. The number of rotatable bonds is 1. The van der Waals surface area contributed by atoms with Gasteiger partial charge in [-0.1, -0.05) is 6.07 Å². The SMILES string of the molecule is CN1CCN(c2cccc(Br)n2)C(C)(C)C1=O. The Hall–Kier alpha value is -1.10. The van der Waals surface area contributed by atoms with Crippen molar-refractivity contribution in [3.63, 3.8) is 0 Å². The topological polar surface area (TPSA) is 36.4 Å². The number of piperazine rings is 1. The summed E-state index contributed by atoms with van der Waals surface area (Å²) in [5.74, 6) is 0.969. The standard InChI is InChI=1S/C12H16BrN3O/c1-12(2)11(17)15(3)7-8-16(12)10-6-4-5-9(13)14-10/h4-6H,7-8H2,1-3H3. The fourth-order valence-corrected chi connectivity index (χ4v) is 2.50. The van der Waals surface area contributed by atoms with Crippen molar-refractivity contribution in [3.8, 4) is 0 Å². The molecule has 0 radical (unpaired) electrons. The van der Waals surface area contributed by atoms with Crippen LogP contribution in [0.25, 0.3) is 0 Å². The van der Waals surface area contributed by atoms with E-state index in [4.69, 9.17) is 0 Å². The number of hydrogen-bond donors (Lipinski definition) is 0. The van der Waals surface area contributed by atoms with E-state index in [-0.39, 0.29) is 5.91 Å². The molecule has 1 aliphatic rings. The summed E-state index contributed by atoms with van der Waals surface area (Å²) in [6.45, 7) is 5.41. The van der Waals surface area contributed by atoms with Gasteiger partial charge in [-0.05, 0) is 41.9 Å². The van der Waals surface area contributed by atoms with Crippen molar-refractivity contribution in [1.82, 2.24) is 9.88 Å². The molecule has 2 rings (SSSR count). The molecule has 92 valence electrons. The van der Waals surface area contributed by atoms with Gasteiger partial charge in [-0.25, -0.2) is 4.98 Å². The lowest BCUT2D eigenvalue weighted by molar-refractivity contribution is -0.136. The molecule has 1 aromatic rings. The molecule has 1 aromatic heterocycles. The van der Waals surface area contributed by atoms with Crippen LogP contribution >= 0.6 is 15.9 Å². The summed E-state index contributed by atoms with van der Waals surface area (Å²) >= 11 is 3.36. The first-order valence-electron chi connectivity index (χ1n) is 5.58. The molecular weight excluding hydrogens is 282 g/mol. The minimum atomic E-state index is -0.541. The first-order valence-corrected chi connectivity index (χ1v) is 6.38. The molecule has 0 spiro atoms. The van der Waals surface area contributed by atoms with E-state index >= 15 is 0 Å². The summed E-state index contributed by atoms with van der Waals surface area (Å²) in [4.78, 5) is 20.4. The van der Waals surface area contributed by atoms with Crippen molar-refractivity contribution in [2.45, 2.75) is 19.4 Å². The Morgan fingerprint density at radius 2 is 2.06 bits per heavy atom. The van der Waals surface area contributed by atoms with Crippen LogP contribution in [0.4, 0.5) is 5.82 Å². The Morgan fingerprint density at radius 1 is 1.35 bits per heavy atom. The molecular formula is C12H16BrN3O. The van der Waals surface area contributed by atoms with Crippen LogP contribution in [0.2, 0.25) is 0 Å². The Balaban J connectivity index is 2.36. The summed E-state index contributed by atoms with van der Waals surface area (Å²) in [6.07, 6.45) is 0. The van der Waals surface area contributed by atoms with E-state index in [0.717, 1.165) is 23.5 Å². The number of likely N-dealkylation sites (N-methyl/N-ethyl adjacent to an activating group) is 1. The highest BCUT2D eigenvalue weighted by molar-refractivity contribution is 9.10. The summed E-state index contributed by atoms with van der Waals surface area (Å²) in [5, 5.41) is 0. The zero-order valence-corrected chi connectivity index (χ0v) is 11.9. The number of nitrogens with zero attached hydrogens (tertiary/aromatic N) is 3. The van der Waals surface area contributed by atoms with Gasteiger partial charge in [0.2, 0.25) is 5.91 Å². The molecule has 1 aliphatic heterocycles. The van der Waals surface area contributed by atoms with Gasteiger partial charge >= 0.3 is 0 Å². The van der Waals surface area contributed by atoms with E-state index in [1.165, 1.54) is 0 Å². The van der Waals surface area contributed by atoms with Gasteiger partial charge in [0.1, 0.15) is 16.0 Å². The molecule has 17 heavy (non-hydrogen) atoms. The lowest BCUT2D eigenvalue weighted by atomic mass is 9.98. The third-order valence-corrected chi connectivity index (χ3v) is 3.62. The smallest absolute Gasteiger partial charge is 0.247 e. The average Bonchev–Trinajstić information content (AvgIpc) is 2.26. The molecule has 1 saturated heterocycles. The zero-order valence-electron chi connectivity index (χ0n) is 10.3. The van der Waals surface area contributed by atoms with Gasteiger partial charge in [0.15, 0.2) is 0 Å². The van der Waals surface area contributed by atoms with Crippen molar-refractivity contribution < 1.29 is 4.79 Å². The molecule has 2 heterocycles. The van der Waals surface area contributed by atoms with Crippen molar-refractivity contribution in [2.75, 3.05) is 25.0 Å². The Morgan fingerprint density at radius 3 is 2.71 bits per heavy atom. The van der Waals surface area contributed by atoms with Gasteiger partial charge in [0, 0.05) is 20.1 Å². The van der Waals surface area contributed by atoms with Crippen LogP contribution in [0.15, 0.2) is 22.8 Å². The number of hydrogen-bond acceptors (Lipinski definition) is 3. The minimum Gasteiger partial charge on any atom is -0.342 e. The summed E-state index contributed by atoms with van der Waals surface area (Å²) in [6, 6.07) is 5.75. The number of amides is 1. The highest BCUT2D eigenvalue weighted by Crippen LogP contribution is 2.27. The fraction of sp³-hybridized carbons (Fsp3) is 0.500.